The molecule has 0 saturated heterocycles. The van der Waals surface area contributed by atoms with Gasteiger partial charge in [-0.05, 0) is 45.7 Å². The van der Waals surface area contributed by atoms with Crippen molar-refractivity contribution in [1.82, 2.24) is 10.0 Å². The highest BCUT2D eigenvalue weighted by atomic mass is 32.2. The van der Waals surface area contributed by atoms with Gasteiger partial charge in [0.15, 0.2) is 0 Å². The van der Waals surface area contributed by atoms with Crippen LogP contribution >= 0.6 is 0 Å². The predicted molar refractivity (Wildman–Crippen MR) is 71.5 cm³/mol. The Labute approximate surface area is 106 Å². The van der Waals surface area contributed by atoms with E-state index in [-0.39, 0.29) is 11.8 Å². The van der Waals surface area contributed by atoms with Crippen LogP contribution in [0.5, 0.6) is 0 Å². The Morgan fingerprint density at radius 3 is 2.47 bits per heavy atom. The van der Waals surface area contributed by atoms with Crippen LogP contribution in [0.3, 0.4) is 0 Å². The van der Waals surface area contributed by atoms with Gasteiger partial charge in [0, 0.05) is 6.04 Å². The molecule has 1 atom stereocenters. The van der Waals surface area contributed by atoms with Crippen molar-refractivity contribution in [3.05, 3.63) is 0 Å². The largest absolute Gasteiger partial charge is 0.320 e. The van der Waals surface area contributed by atoms with E-state index < -0.39 is 10.0 Å². The molecular formula is C12H26N2O2S. The van der Waals surface area contributed by atoms with Crippen LogP contribution in [0.15, 0.2) is 0 Å². The summed E-state index contributed by atoms with van der Waals surface area (Å²) >= 11 is 0. The molecule has 102 valence electrons. The molecule has 0 spiro atoms. The molecule has 0 aromatic rings. The van der Waals surface area contributed by atoms with Crippen molar-refractivity contribution in [2.75, 3.05) is 19.3 Å². The van der Waals surface area contributed by atoms with Crippen LogP contribution < -0.4 is 10.0 Å². The summed E-state index contributed by atoms with van der Waals surface area (Å²) in [4.78, 5) is 0. The Balaban J connectivity index is 2.34. The number of hydrogen-bond donors (Lipinski definition) is 2. The molecule has 1 fully saturated rings. The van der Waals surface area contributed by atoms with Gasteiger partial charge < -0.3 is 5.32 Å². The predicted octanol–water partition coefficient (Wildman–Crippen LogP) is 1.48. The third-order valence-corrected chi connectivity index (χ3v) is 5.12. The minimum absolute atomic E-state index is 0.0925. The molecule has 0 radical (unpaired) electrons. The van der Waals surface area contributed by atoms with Crippen molar-refractivity contribution < 1.29 is 8.42 Å². The minimum Gasteiger partial charge on any atom is -0.320 e. The first-order valence-electron chi connectivity index (χ1n) is 6.70. The molecule has 4 nitrogen and oxygen atoms in total. The molecule has 1 aliphatic carbocycles. The second kappa shape index (κ2) is 7.34. The molecule has 17 heavy (non-hydrogen) atoms. The Hall–Kier alpha value is -0.130. The minimum atomic E-state index is -3.09. The summed E-state index contributed by atoms with van der Waals surface area (Å²) in [5.74, 6) is 0.757. The van der Waals surface area contributed by atoms with E-state index in [2.05, 4.69) is 10.0 Å². The molecule has 0 amide bonds. The quantitative estimate of drug-likeness (QED) is 0.683. The molecule has 1 aliphatic rings. The number of hydrogen-bond acceptors (Lipinski definition) is 3. The molecule has 0 aromatic carbocycles. The summed E-state index contributed by atoms with van der Waals surface area (Å²) in [6.45, 7) is 2.75. The van der Waals surface area contributed by atoms with Gasteiger partial charge >= 0.3 is 0 Å². The van der Waals surface area contributed by atoms with Gasteiger partial charge in [0.1, 0.15) is 0 Å². The standard InChI is InChI=1S/C12H26N2O2S/c1-11(12-7-4-3-5-8-12)14-17(15,16)10-6-9-13-2/h11-14H,3-10H2,1-2H3. The first-order chi connectivity index (χ1) is 8.05. The van der Waals surface area contributed by atoms with Crippen LogP contribution in [0, 0.1) is 5.92 Å². The fourth-order valence-corrected chi connectivity index (χ4v) is 3.91. The Bertz CT molecular complexity index is 298. The lowest BCUT2D eigenvalue weighted by molar-refractivity contribution is 0.303. The summed E-state index contributed by atoms with van der Waals surface area (Å²) in [7, 11) is -1.25. The Morgan fingerprint density at radius 2 is 1.88 bits per heavy atom. The van der Waals surface area contributed by atoms with Gasteiger partial charge in [-0.15, -0.1) is 0 Å². The molecule has 1 unspecified atom stereocenters. The Kier molecular flexibility index (Phi) is 6.44. The second-order valence-electron chi connectivity index (χ2n) is 5.08. The van der Waals surface area contributed by atoms with Gasteiger partial charge in [0.05, 0.1) is 5.75 Å². The third-order valence-electron chi connectivity index (χ3n) is 3.56. The van der Waals surface area contributed by atoms with Crippen LogP contribution in [0.4, 0.5) is 0 Å². The van der Waals surface area contributed by atoms with Gasteiger partial charge in [-0.3, -0.25) is 0 Å². The van der Waals surface area contributed by atoms with E-state index in [4.69, 9.17) is 0 Å². The smallest absolute Gasteiger partial charge is 0.211 e. The van der Waals surface area contributed by atoms with Gasteiger partial charge in [-0.2, -0.15) is 0 Å². The zero-order chi connectivity index (χ0) is 12.7. The first-order valence-corrected chi connectivity index (χ1v) is 8.35. The maximum absolute atomic E-state index is 11.8. The summed E-state index contributed by atoms with van der Waals surface area (Å²) in [5, 5.41) is 2.96. The van der Waals surface area contributed by atoms with Gasteiger partial charge in [-0.25, -0.2) is 13.1 Å². The average molecular weight is 262 g/mol. The molecule has 0 aromatic heterocycles. The lowest BCUT2D eigenvalue weighted by atomic mass is 9.85. The SMILES string of the molecule is CNCCCS(=O)(=O)NC(C)C1CCCCC1. The summed E-state index contributed by atoms with van der Waals surface area (Å²) in [6.07, 6.45) is 6.80. The van der Waals surface area contributed by atoms with Crippen molar-refractivity contribution in [3.8, 4) is 0 Å². The van der Waals surface area contributed by atoms with Crippen molar-refractivity contribution in [2.24, 2.45) is 5.92 Å². The topological polar surface area (TPSA) is 58.2 Å². The van der Waals surface area contributed by atoms with Gasteiger partial charge in [0.25, 0.3) is 0 Å². The van der Waals surface area contributed by atoms with E-state index in [1.165, 1.54) is 32.1 Å². The van der Waals surface area contributed by atoms with E-state index in [9.17, 15) is 8.42 Å². The van der Waals surface area contributed by atoms with E-state index in [0.29, 0.717) is 12.3 Å². The Morgan fingerprint density at radius 1 is 1.24 bits per heavy atom. The highest BCUT2D eigenvalue weighted by molar-refractivity contribution is 7.89. The maximum Gasteiger partial charge on any atom is 0.211 e. The van der Waals surface area contributed by atoms with Crippen LogP contribution in [0.2, 0.25) is 0 Å². The normalized spacial score (nSPS) is 20.4. The summed E-state index contributed by atoms with van der Waals surface area (Å²) in [5.41, 5.74) is 0. The summed E-state index contributed by atoms with van der Waals surface area (Å²) < 4.78 is 26.5. The zero-order valence-electron chi connectivity index (χ0n) is 11.0. The molecule has 0 heterocycles. The van der Waals surface area contributed by atoms with Crippen molar-refractivity contribution in [1.29, 1.82) is 0 Å². The van der Waals surface area contributed by atoms with Crippen LogP contribution in [0.1, 0.15) is 45.4 Å². The molecule has 0 aliphatic heterocycles. The maximum atomic E-state index is 11.8. The third kappa shape index (κ3) is 5.84. The van der Waals surface area contributed by atoms with Crippen molar-refractivity contribution in [3.63, 3.8) is 0 Å². The molecule has 5 heteroatoms. The number of nitrogens with one attached hydrogen (secondary N) is 2. The monoisotopic (exact) mass is 262 g/mol. The highest BCUT2D eigenvalue weighted by Gasteiger charge is 2.23. The number of rotatable bonds is 7. The van der Waals surface area contributed by atoms with Crippen LogP contribution in [-0.2, 0) is 10.0 Å². The van der Waals surface area contributed by atoms with E-state index in [0.717, 1.165) is 6.54 Å². The fourth-order valence-electron chi connectivity index (χ4n) is 2.51. The summed E-state index contributed by atoms with van der Waals surface area (Å²) in [6, 6.07) is 0.0925. The van der Waals surface area contributed by atoms with E-state index >= 15 is 0 Å². The zero-order valence-corrected chi connectivity index (χ0v) is 11.9. The lowest BCUT2D eigenvalue weighted by Crippen LogP contribution is -2.40. The van der Waals surface area contributed by atoms with Crippen molar-refractivity contribution in [2.45, 2.75) is 51.5 Å². The van der Waals surface area contributed by atoms with Crippen LogP contribution in [-0.4, -0.2) is 33.8 Å². The molecule has 1 rings (SSSR count). The van der Waals surface area contributed by atoms with Crippen LogP contribution in [0.25, 0.3) is 0 Å². The van der Waals surface area contributed by atoms with E-state index in [1.54, 1.807) is 0 Å². The number of sulfonamides is 1. The lowest BCUT2D eigenvalue weighted by Gasteiger charge is -2.28. The van der Waals surface area contributed by atoms with Crippen molar-refractivity contribution >= 4 is 10.0 Å². The van der Waals surface area contributed by atoms with Gasteiger partial charge in [-0.1, -0.05) is 19.3 Å². The van der Waals surface area contributed by atoms with E-state index in [1.807, 2.05) is 14.0 Å². The molecular weight excluding hydrogens is 236 g/mol. The molecule has 2 N–H and O–H groups in total. The molecule has 0 bridgehead atoms. The average Bonchev–Trinajstić information content (AvgIpc) is 2.30. The first kappa shape index (κ1) is 14.9. The second-order valence-corrected chi connectivity index (χ2v) is 6.95. The highest BCUT2D eigenvalue weighted by Crippen LogP contribution is 2.26. The fraction of sp³-hybridized carbons (Fsp3) is 1.00. The van der Waals surface area contributed by atoms with Gasteiger partial charge in [0.2, 0.25) is 10.0 Å². The molecule has 1 saturated carbocycles.